The fourth-order valence-corrected chi connectivity index (χ4v) is 1.82. The van der Waals surface area contributed by atoms with E-state index < -0.39 is 30.5 Å². The summed E-state index contributed by atoms with van der Waals surface area (Å²) in [7, 11) is 1.24. The minimum Gasteiger partial charge on any atom is -0.508 e. The van der Waals surface area contributed by atoms with Crippen molar-refractivity contribution < 1.29 is 29.0 Å². The third kappa shape index (κ3) is 5.61. The Hall–Kier alpha value is -2.57. The van der Waals surface area contributed by atoms with Gasteiger partial charge in [-0.3, -0.25) is 4.79 Å². The second-order valence-electron chi connectivity index (χ2n) is 5.08. The van der Waals surface area contributed by atoms with Crippen LogP contribution >= 0.6 is 0 Å². The second-order valence-corrected chi connectivity index (χ2v) is 5.08. The van der Waals surface area contributed by atoms with Crippen molar-refractivity contribution in [3.63, 3.8) is 0 Å². The Kier molecular flexibility index (Phi) is 7.05. The average molecular weight is 323 g/mol. The third-order valence-electron chi connectivity index (χ3n) is 3.42. The molecular formula is C16H21NO6. The Labute approximate surface area is 134 Å². The van der Waals surface area contributed by atoms with E-state index >= 15 is 0 Å². The van der Waals surface area contributed by atoms with Crippen molar-refractivity contribution in [3.8, 4) is 5.75 Å². The molecule has 0 unspecified atom stereocenters. The number of phenolic OH excluding ortho intramolecular Hbond substituents is 1. The van der Waals surface area contributed by atoms with Crippen LogP contribution < -0.4 is 5.32 Å². The molecule has 1 rings (SSSR count). The van der Waals surface area contributed by atoms with Crippen LogP contribution in [0.4, 0.5) is 0 Å². The molecule has 1 aromatic rings. The molecule has 0 aromatic heterocycles. The molecule has 1 aromatic carbocycles. The van der Waals surface area contributed by atoms with E-state index in [1.165, 1.54) is 31.4 Å². The van der Waals surface area contributed by atoms with E-state index in [4.69, 9.17) is 9.84 Å². The predicted molar refractivity (Wildman–Crippen MR) is 81.8 cm³/mol. The first-order valence-electron chi connectivity index (χ1n) is 7.22. The number of hydrogen-bond acceptors (Lipinski definition) is 6. The van der Waals surface area contributed by atoms with Gasteiger partial charge in [-0.15, -0.1) is 0 Å². The summed E-state index contributed by atoms with van der Waals surface area (Å²) >= 11 is 0. The van der Waals surface area contributed by atoms with Crippen LogP contribution in [0.3, 0.4) is 0 Å². The monoisotopic (exact) mass is 323 g/mol. The van der Waals surface area contributed by atoms with Crippen molar-refractivity contribution in [2.75, 3.05) is 13.7 Å². The number of phenols is 1. The number of amides is 1. The molecule has 7 nitrogen and oxygen atoms in total. The van der Waals surface area contributed by atoms with Crippen molar-refractivity contribution >= 4 is 17.8 Å². The van der Waals surface area contributed by atoms with E-state index in [9.17, 15) is 14.4 Å². The van der Waals surface area contributed by atoms with Gasteiger partial charge >= 0.3 is 11.9 Å². The van der Waals surface area contributed by atoms with Crippen LogP contribution in [0.1, 0.15) is 30.6 Å². The van der Waals surface area contributed by atoms with Gasteiger partial charge in [-0.2, -0.15) is 0 Å². The summed E-state index contributed by atoms with van der Waals surface area (Å²) in [6.45, 7) is 3.19. The van der Waals surface area contributed by atoms with Gasteiger partial charge in [0.1, 0.15) is 11.8 Å². The molecule has 0 radical (unpaired) electrons. The normalized spacial score (nSPS) is 12.8. The Bertz CT molecular complexity index is 554. The number of esters is 2. The number of benzene rings is 1. The van der Waals surface area contributed by atoms with Crippen LogP contribution in [0.2, 0.25) is 0 Å². The summed E-state index contributed by atoms with van der Waals surface area (Å²) in [6.07, 6.45) is 0.674. The highest BCUT2D eigenvalue weighted by atomic mass is 16.5. The maximum absolute atomic E-state index is 11.8. The largest absolute Gasteiger partial charge is 0.508 e. The van der Waals surface area contributed by atoms with Gasteiger partial charge in [0.2, 0.25) is 0 Å². The Morgan fingerprint density at radius 2 is 1.83 bits per heavy atom. The molecule has 0 saturated heterocycles. The lowest BCUT2D eigenvalue weighted by Gasteiger charge is -2.21. The number of carbonyl (C=O) groups is 3. The van der Waals surface area contributed by atoms with E-state index in [1.807, 2.05) is 13.8 Å². The number of methoxy groups -OCH3 is 1. The minimum atomic E-state index is -0.787. The molecule has 0 aliphatic rings. The molecule has 7 heteroatoms. The molecule has 23 heavy (non-hydrogen) atoms. The highest BCUT2D eigenvalue weighted by Crippen LogP contribution is 2.11. The second kappa shape index (κ2) is 8.77. The van der Waals surface area contributed by atoms with Crippen LogP contribution in [-0.2, 0) is 19.1 Å². The van der Waals surface area contributed by atoms with Gasteiger partial charge in [-0.25, -0.2) is 9.59 Å². The first-order valence-corrected chi connectivity index (χ1v) is 7.22. The molecule has 1 amide bonds. The molecule has 0 aliphatic carbocycles. The molecule has 0 aliphatic heterocycles. The number of carbonyl (C=O) groups excluding carboxylic acids is 3. The van der Waals surface area contributed by atoms with Crippen LogP contribution in [0.25, 0.3) is 0 Å². The summed E-state index contributed by atoms with van der Waals surface area (Å²) in [6, 6.07) is 4.66. The quantitative estimate of drug-likeness (QED) is 0.732. The zero-order valence-corrected chi connectivity index (χ0v) is 13.4. The van der Waals surface area contributed by atoms with E-state index in [0.717, 1.165) is 0 Å². The number of rotatable bonds is 7. The Balaban J connectivity index is 2.56. The summed E-state index contributed by atoms with van der Waals surface area (Å²) in [4.78, 5) is 35.3. The molecule has 126 valence electrons. The predicted octanol–water partition coefficient (Wildman–Crippen LogP) is 1.25. The summed E-state index contributed by atoms with van der Waals surface area (Å²) in [5.41, 5.74) is 0.210. The number of aromatic hydroxyl groups is 1. The number of ether oxygens (including phenoxy) is 2. The minimum absolute atomic E-state index is 0.0220. The average Bonchev–Trinajstić information content (AvgIpc) is 2.56. The van der Waals surface area contributed by atoms with E-state index in [1.54, 1.807) is 0 Å². The SMILES string of the molecule is CC[C@H](C)[C@H](NC(=O)COC(=O)c1ccc(O)cc1)C(=O)OC. The summed E-state index contributed by atoms with van der Waals surface area (Å²) < 4.78 is 9.53. The molecule has 0 fully saturated rings. The fourth-order valence-electron chi connectivity index (χ4n) is 1.82. The summed E-state index contributed by atoms with van der Waals surface area (Å²) in [5.74, 6) is -1.92. The van der Waals surface area contributed by atoms with Gasteiger partial charge in [0.25, 0.3) is 5.91 Å². The zero-order valence-electron chi connectivity index (χ0n) is 13.4. The maximum Gasteiger partial charge on any atom is 0.338 e. The van der Waals surface area contributed by atoms with Crippen molar-refractivity contribution in [1.82, 2.24) is 5.32 Å². The maximum atomic E-state index is 11.8. The van der Waals surface area contributed by atoms with Gasteiger partial charge in [-0.05, 0) is 30.2 Å². The standard InChI is InChI=1S/C16H21NO6/c1-4-10(2)14(16(21)22-3)17-13(19)9-23-15(20)11-5-7-12(18)8-6-11/h5-8,10,14,18H,4,9H2,1-3H3,(H,17,19)/t10-,14-/m0/s1. The van der Waals surface area contributed by atoms with E-state index in [2.05, 4.69) is 10.1 Å². The zero-order chi connectivity index (χ0) is 17.4. The van der Waals surface area contributed by atoms with Crippen LogP contribution in [0.15, 0.2) is 24.3 Å². The lowest BCUT2D eigenvalue weighted by molar-refractivity contribution is -0.147. The van der Waals surface area contributed by atoms with Crippen molar-refractivity contribution in [2.24, 2.45) is 5.92 Å². The van der Waals surface area contributed by atoms with Crippen LogP contribution in [0, 0.1) is 5.92 Å². The van der Waals surface area contributed by atoms with Gasteiger partial charge in [0.05, 0.1) is 12.7 Å². The fraction of sp³-hybridized carbons (Fsp3) is 0.438. The smallest absolute Gasteiger partial charge is 0.338 e. The lowest BCUT2D eigenvalue weighted by Crippen LogP contribution is -2.47. The molecule has 0 saturated carbocycles. The molecule has 0 heterocycles. The van der Waals surface area contributed by atoms with Gasteiger partial charge in [-0.1, -0.05) is 20.3 Å². The first-order chi connectivity index (χ1) is 10.9. The molecular weight excluding hydrogens is 302 g/mol. The van der Waals surface area contributed by atoms with Crippen LogP contribution in [-0.4, -0.2) is 42.7 Å². The molecule has 2 atom stereocenters. The van der Waals surface area contributed by atoms with Gasteiger partial charge in [0.15, 0.2) is 6.61 Å². The van der Waals surface area contributed by atoms with E-state index in [0.29, 0.717) is 6.42 Å². The van der Waals surface area contributed by atoms with Crippen molar-refractivity contribution in [1.29, 1.82) is 0 Å². The summed E-state index contributed by atoms with van der Waals surface area (Å²) in [5, 5.41) is 11.7. The number of hydrogen-bond donors (Lipinski definition) is 2. The molecule has 0 spiro atoms. The van der Waals surface area contributed by atoms with Crippen molar-refractivity contribution in [2.45, 2.75) is 26.3 Å². The Morgan fingerprint density at radius 3 is 2.35 bits per heavy atom. The van der Waals surface area contributed by atoms with E-state index in [-0.39, 0.29) is 17.2 Å². The molecule has 2 N–H and O–H groups in total. The van der Waals surface area contributed by atoms with Crippen LogP contribution in [0.5, 0.6) is 5.75 Å². The van der Waals surface area contributed by atoms with Gasteiger partial charge in [0, 0.05) is 0 Å². The molecule has 0 bridgehead atoms. The first kappa shape index (κ1) is 18.5. The Morgan fingerprint density at radius 1 is 1.22 bits per heavy atom. The highest BCUT2D eigenvalue weighted by Gasteiger charge is 2.26. The highest BCUT2D eigenvalue weighted by molar-refractivity contribution is 5.92. The number of nitrogens with one attached hydrogen (secondary N) is 1. The topological polar surface area (TPSA) is 102 Å². The van der Waals surface area contributed by atoms with Crippen molar-refractivity contribution in [3.05, 3.63) is 29.8 Å². The lowest BCUT2D eigenvalue weighted by atomic mass is 9.99. The third-order valence-corrected chi connectivity index (χ3v) is 3.42. The van der Waals surface area contributed by atoms with Gasteiger partial charge < -0.3 is 19.9 Å².